The molecule has 1 heterocycles. The molecule has 0 spiro atoms. The predicted molar refractivity (Wildman–Crippen MR) is 76.8 cm³/mol. The number of aryl methyl sites for hydroxylation is 1. The maximum absolute atomic E-state index is 12.6. The number of aliphatic carboxylic acids is 1. The lowest BCUT2D eigenvalue weighted by atomic mass is 10.1. The molecule has 0 unspecified atom stereocenters. The fraction of sp³-hybridized carbons (Fsp3) is 0.214. The van der Waals surface area contributed by atoms with Gasteiger partial charge in [0, 0.05) is 5.56 Å². The van der Waals surface area contributed by atoms with Gasteiger partial charge in [0.25, 0.3) is 10.0 Å². The SMILES string of the molecule is Cc1nn(S(=O)(=O)c2ccc(C#N)cc2)c(C)c1CC(=O)O. The van der Waals surface area contributed by atoms with E-state index in [9.17, 15) is 13.2 Å². The molecule has 0 aliphatic heterocycles. The van der Waals surface area contributed by atoms with E-state index in [0.717, 1.165) is 4.09 Å². The van der Waals surface area contributed by atoms with E-state index in [1.807, 2.05) is 6.07 Å². The van der Waals surface area contributed by atoms with Crippen LogP contribution in [0.5, 0.6) is 0 Å². The van der Waals surface area contributed by atoms with Gasteiger partial charge in [-0.1, -0.05) is 0 Å². The predicted octanol–water partition coefficient (Wildman–Crippen LogP) is 1.24. The molecule has 0 amide bonds. The van der Waals surface area contributed by atoms with Crippen LogP contribution >= 0.6 is 0 Å². The highest BCUT2D eigenvalue weighted by molar-refractivity contribution is 7.89. The second-order valence-corrected chi connectivity index (χ2v) is 6.47. The first-order valence-electron chi connectivity index (χ1n) is 6.30. The van der Waals surface area contributed by atoms with Crippen LogP contribution in [-0.4, -0.2) is 28.7 Å². The van der Waals surface area contributed by atoms with Gasteiger partial charge in [0.15, 0.2) is 0 Å². The number of nitriles is 1. The van der Waals surface area contributed by atoms with E-state index >= 15 is 0 Å². The minimum atomic E-state index is -3.93. The Labute approximate surface area is 127 Å². The summed E-state index contributed by atoms with van der Waals surface area (Å²) in [5.74, 6) is -1.05. The zero-order valence-corrected chi connectivity index (χ0v) is 12.8. The molecule has 2 aromatic rings. The van der Waals surface area contributed by atoms with Crippen LogP contribution in [0.1, 0.15) is 22.5 Å². The second kappa shape index (κ2) is 5.61. The molecule has 0 fully saturated rings. The van der Waals surface area contributed by atoms with Crippen LogP contribution in [0.4, 0.5) is 0 Å². The molecule has 8 heteroatoms. The second-order valence-electron chi connectivity index (χ2n) is 4.70. The summed E-state index contributed by atoms with van der Waals surface area (Å²) in [7, 11) is -3.93. The van der Waals surface area contributed by atoms with Crippen molar-refractivity contribution in [2.75, 3.05) is 0 Å². The molecule has 114 valence electrons. The van der Waals surface area contributed by atoms with E-state index in [-0.39, 0.29) is 17.0 Å². The van der Waals surface area contributed by atoms with Crippen LogP contribution in [0.15, 0.2) is 29.2 Å². The van der Waals surface area contributed by atoms with Gasteiger partial charge in [0.05, 0.1) is 34.3 Å². The quantitative estimate of drug-likeness (QED) is 0.907. The van der Waals surface area contributed by atoms with Crippen molar-refractivity contribution in [2.45, 2.75) is 25.2 Å². The first kappa shape index (κ1) is 15.7. The van der Waals surface area contributed by atoms with Crippen LogP contribution in [-0.2, 0) is 21.2 Å². The van der Waals surface area contributed by atoms with Gasteiger partial charge in [-0.3, -0.25) is 4.79 Å². The number of hydrogen-bond acceptors (Lipinski definition) is 5. The summed E-state index contributed by atoms with van der Waals surface area (Å²) in [5.41, 5.74) is 1.35. The summed E-state index contributed by atoms with van der Waals surface area (Å²) in [6, 6.07) is 7.35. The summed E-state index contributed by atoms with van der Waals surface area (Å²) in [6.45, 7) is 3.08. The number of carboxylic acid groups (broad SMARTS) is 1. The number of carbonyl (C=O) groups is 1. The Bertz CT molecular complexity index is 874. The number of rotatable bonds is 4. The highest BCUT2D eigenvalue weighted by Gasteiger charge is 2.24. The topological polar surface area (TPSA) is 113 Å². The molecule has 0 bridgehead atoms. The number of aromatic nitrogens is 2. The summed E-state index contributed by atoms with van der Waals surface area (Å²) in [5, 5.41) is 21.6. The number of carboxylic acids is 1. The minimum Gasteiger partial charge on any atom is -0.481 e. The van der Waals surface area contributed by atoms with Crippen molar-refractivity contribution in [3.05, 3.63) is 46.8 Å². The van der Waals surface area contributed by atoms with E-state index in [1.54, 1.807) is 6.92 Å². The molecule has 0 radical (unpaired) electrons. The zero-order valence-electron chi connectivity index (χ0n) is 11.9. The highest BCUT2D eigenvalue weighted by atomic mass is 32.2. The third kappa shape index (κ3) is 2.71. The summed E-state index contributed by atoms with van der Waals surface area (Å²) in [4.78, 5) is 10.8. The molecule has 7 nitrogen and oxygen atoms in total. The number of hydrogen-bond donors (Lipinski definition) is 1. The van der Waals surface area contributed by atoms with Gasteiger partial charge in [-0.2, -0.15) is 22.9 Å². The van der Waals surface area contributed by atoms with Gasteiger partial charge in [0.2, 0.25) is 0 Å². The molecule has 2 rings (SSSR count). The Morgan fingerprint density at radius 1 is 1.32 bits per heavy atom. The van der Waals surface area contributed by atoms with Crippen LogP contribution in [0, 0.1) is 25.2 Å². The molecule has 1 aromatic carbocycles. The summed E-state index contributed by atoms with van der Waals surface area (Å²) >= 11 is 0. The van der Waals surface area contributed by atoms with Crippen LogP contribution < -0.4 is 0 Å². The monoisotopic (exact) mass is 319 g/mol. The Hall–Kier alpha value is -2.66. The van der Waals surface area contributed by atoms with Gasteiger partial charge >= 0.3 is 5.97 Å². The lowest BCUT2D eigenvalue weighted by Crippen LogP contribution is -2.16. The lowest BCUT2D eigenvalue weighted by Gasteiger charge is -2.07. The van der Waals surface area contributed by atoms with E-state index in [0.29, 0.717) is 16.8 Å². The van der Waals surface area contributed by atoms with Crippen molar-refractivity contribution in [1.29, 1.82) is 5.26 Å². The molecule has 22 heavy (non-hydrogen) atoms. The van der Waals surface area contributed by atoms with E-state index in [2.05, 4.69) is 5.10 Å². The van der Waals surface area contributed by atoms with E-state index < -0.39 is 16.0 Å². The van der Waals surface area contributed by atoms with Gasteiger partial charge in [-0.25, -0.2) is 0 Å². The van der Waals surface area contributed by atoms with Crippen molar-refractivity contribution in [1.82, 2.24) is 9.19 Å². The minimum absolute atomic E-state index is 0.0148. The van der Waals surface area contributed by atoms with Crippen LogP contribution in [0.2, 0.25) is 0 Å². The third-order valence-corrected chi connectivity index (χ3v) is 4.92. The highest BCUT2D eigenvalue weighted by Crippen LogP contribution is 2.20. The molecule has 0 atom stereocenters. The Kier molecular flexibility index (Phi) is 4.01. The van der Waals surface area contributed by atoms with Gasteiger partial charge in [-0.05, 0) is 38.1 Å². The molecular formula is C14H13N3O4S. The molecule has 1 aromatic heterocycles. The standard InChI is InChI=1S/C14H13N3O4S/c1-9-13(7-14(18)19)10(2)17(16-9)22(20,21)12-5-3-11(8-15)4-6-12/h3-6H,7H2,1-2H3,(H,18,19). The summed E-state index contributed by atoms with van der Waals surface area (Å²) in [6.07, 6.45) is -0.291. The van der Waals surface area contributed by atoms with Crippen molar-refractivity contribution in [3.63, 3.8) is 0 Å². The fourth-order valence-electron chi connectivity index (χ4n) is 2.09. The van der Waals surface area contributed by atoms with E-state index in [1.165, 1.54) is 31.2 Å². The largest absolute Gasteiger partial charge is 0.481 e. The van der Waals surface area contributed by atoms with Gasteiger partial charge in [-0.15, -0.1) is 0 Å². The fourth-order valence-corrected chi connectivity index (χ4v) is 3.47. The molecule has 1 N–H and O–H groups in total. The maximum atomic E-state index is 12.6. The smallest absolute Gasteiger partial charge is 0.307 e. The first-order valence-corrected chi connectivity index (χ1v) is 7.74. The maximum Gasteiger partial charge on any atom is 0.307 e. The average molecular weight is 319 g/mol. The normalized spacial score (nSPS) is 11.1. The van der Waals surface area contributed by atoms with E-state index in [4.69, 9.17) is 10.4 Å². The van der Waals surface area contributed by atoms with Crippen LogP contribution in [0.25, 0.3) is 0 Å². The van der Waals surface area contributed by atoms with Gasteiger partial charge in [0.1, 0.15) is 0 Å². The van der Waals surface area contributed by atoms with Crippen LogP contribution in [0.3, 0.4) is 0 Å². The molecule has 0 aliphatic rings. The summed E-state index contributed by atoms with van der Waals surface area (Å²) < 4.78 is 26.0. The van der Waals surface area contributed by atoms with Gasteiger partial charge < -0.3 is 5.11 Å². The average Bonchev–Trinajstić information content (AvgIpc) is 2.75. The Balaban J connectivity index is 2.54. The lowest BCUT2D eigenvalue weighted by molar-refractivity contribution is -0.136. The molecular weight excluding hydrogens is 306 g/mol. The van der Waals surface area contributed by atoms with Crippen molar-refractivity contribution in [3.8, 4) is 6.07 Å². The molecule has 0 aliphatic carbocycles. The van der Waals surface area contributed by atoms with Crippen molar-refractivity contribution < 1.29 is 18.3 Å². The van der Waals surface area contributed by atoms with Crippen molar-refractivity contribution >= 4 is 16.0 Å². The molecule has 0 saturated heterocycles. The van der Waals surface area contributed by atoms with Crippen molar-refractivity contribution in [2.24, 2.45) is 0 Å². The number of nitrogens with zero attached hydrogens (tertiary/aromatic N) is 3. The third-order valence-electron chi connectivity index (χ3n) is 3.24. The first-order chi connectivity index (χ1) is 10.3. The molecule has 0 saturated carbocycles. The Morgan fingerprint density at radius 3 is 2.41 bits per heavy atom. The Morgan fingerprint density at radius 2 is 1.91 bits per heavy atom. The zero-order chi connectivity index (χ0) is 16.5. The number of benzene rings is 1.